The van der Waals surface area contributed by atoms with E-state index in [0.717, 1.165) is 38.4 Å². The number of rotatable bonds is 6. The van der Waals surface area contributed by atoms with Gasteiger partial charge in [0, 0.05) is 26.2 Å². The highest BCUT2D eigenvalue weighted by molar-refractivity contribution is 6.07. The molecule has 1 fully saturated rings. The number of nitrogens with one attached hydrogen (secondary N) is 1. The van der Waals surface area contributed by atoms with Gasteiger partial charge in [-0.3, -0.25) is 4.79 Å². The number of likely N-dealkylation sites (N-methyl/N-ethyl adjacent to an activating group) is 1. The van der Waals surface area contributed by atoms with Crippen LogP contribution in [-0.4, -0.2) is 61.1 Å². The molecule has 1 aromatic carbocycles. The molecule has 0 atom stereocenters. The Morgan fingerprint density at radius 3 is 2.46 bits per heavy atom. The van der Waals surface area contributed by atoms with E-state index in [1.807, 2.05) is 6.07 Å². The number of carbonyl (C=O) groups is 2. The zero-order valence-corrected chi connectivity index (χ0v) is 16.4. The number of carbonyl (C=O) groups excluding carboxylic acids is 2. The molecule has 28 heavy (non-hydrogen) atoms. The summed E-state index contributed by atoms with van der Waals surface area (Å²) in [6.07, 6.45) is 1.73. The monoisotopic (exact) mass is 382 g/mol. The second-order valence-corrected chi connectivity index (χ2v) is 6.54. The van der Waals surface area contributed by atoms with Crippen LogP contribution in [-0.2, 0) is 4.74 Å². The van der Waals surface area contributed by atoms with Crippen LogP contribution in [0.5, 0.6) is 0 Å². The summed E-state index contributed by atoms with van der Waals surface area (Å²) >= 11 is 0. The first kappa shape index (κ1) is 19.8. The Kier molecular flexibility index (Phi) is 6.60. The van der Waals surface area contributed by atoms with Crippen LogP contribution < -0.4 is 10.2 Å². The molecule has 2 aromatic rings. The summed E-state index contributed by atoms with van der Waals surface area (Å²) in [5.41, 5.74) is 2.05. The molecule has 148 valence electrons. The Bertz CT molecular complexity index is 815. The fourth-order valence-corrected chi connectivity index (χ4v) is 3.20. The number of benzene rings is 1. The quantitative estimate of drug-likeness (QED) is 0.774. The van der Waals surface area contributed by atoms with Crippen molar-refractivity contribution in [2.24, 2.45) is 0 Å². The lowest BCUT2D eigenvalue weighted by Gasteiger charge is -2.35. The second-order valence-electron chi connectivity index (χ2n) is 6.54. The molecular formula is C21H26N4O3. The highest BCUT2D eigenvalue weighted by atomic mass is 16.5. The number of hydrogen-bond donors (Lipinski definition) is 1. The maximum absolute atomic E-state index is 12.6. The van der Waals surface area contributed by atoms with E-state index < -0.39 is 5.97 Å². The molecule has 1 aliphatic heterocycles. The van der Waals surface area contributed by atoms with E-state index in [1.165, 1.54) is 0 Å². The van der Waals surface area contributed by atoms with Crippen LogP contribution in [0.1, 0.15) is 34.7 Å². The maximum atomic E-state index is 12.6. The van der Waals surface area contributed by atoms with Crippen molar-refractivity contribution < 1.29 is 14.3 Å². The van der Waals surface area contributed by atoms with Gasteiger partial charge in [0.2, 0.25) is 0 Å². The van der Waals surface area contributed by atoms with Crippen LogP contribution in [0, 0.1) is 0 Å². The van der Waals surface area contributed by atoms with Gasteiger partial charge in [0.1, 0.15) is 5.69 Å². The molecule has 1 aliphatic rings. The average Bonchev–Trinajstić information content (AvgIpc) is 2.74. The van der Waals surface area contributed by atoms with Crippen molar-refractivity contribution in [2.75, 3.05) is 49.5 Å². The highest BCUT2D eigenvalue weighted by Crippen LogP contribution is 2.19. The lowest BCUT2D eigenvalue weighted by atomic mass is 10.1. The normalized spacial score (nSPS) is 14.6. The molecule has 0 radical (unpaired) electrons. The summed E-state index contributed by atoms with van der Waals surface area (Å²) in [5, 5.41) is 2.76. The fraction of sp³-hybridized carbons (Fsp3) is 0.381. The molecule has 1 amide bonds. The zero-order chi connectivity index (χ0) is 19.9. The van der Waals surface area contributed by atoms with E-state index in [1.54, 1.807) is 43.5 Å². The predicted octanol–water partition coefficient (Wildman–Crippen LogP) is 2.65. The van der Waals surface area contributed by atoms with Crippen LogP contribution in [0.25, 0.3) is 0 Å². The van der Waals surface area contributed by atoms with Crippen molar-refractivity contribution in [3.8, 4) is 0 Å². The summed E-state index contributed by atoms with van der Waals surface area (Å²) in [6.45, 7) is 9.22. The summed E-state index contributed by atoms with van der Waals surface area (Å²) in [4.78, 5) is 33.6. The van der Waals surface area contributed by atoms with Crippen LogP contribution >= 0.6 is 0 Å². The summed E-state index contributed by atoms with van der Waals surface area (Å²) in [7, 11) is 0. The fourth-order valence-electron chi connectivity index (χ4n) is 3.20. The molecule has 0 saturated carbocycles. The summed E-state index contributed by atoms with van der Waals surface area (Å²) < 4.78 is 5.04. The molecule has 0 aliphatic carbocycles. The Balaban J connectivity index is 1.67. The van der Waals surface area contributed by atoms with Crippen LogP contribution in [0.15, 0.2) is 42.6 Å². The average molecular weight is 382 g/mol. The van der Waals surface area contributed by atoms with E-state index in [-0.39, 0.29) is 12.5 Å². The number of nitrogens with zero attached hydrogens (tertiary/aromatic N) is 3. The minimum Gasteiger partial charge on any atom is -0.462 e. The largest absolute Gasteiger partial charge is 0.462 e. The number of anilines is 2. The Labute approximate surface area is 165 Å². The number of para-hydroxylation sites is 1. The molecule has 2 heterocycles. The van der Waals surface area contributed by atoms with Gasteiger partial charge in [-0.15, -0.1) is 0 Å². The Morgan fingerprint density at radius 1 is 1.07 bits per heavy atom. The van der Waals surface area contributed by atoms with E-state index in [0.29, 0.717) is 16.9 Å². The Hall–Kier alpha value is -2.93. The van der Waals surface area contributed by atoms with Crippen LogP contribution in [0.4, 0.5) is 11.4 Å². The van der Waals surface area contributed by atoms with E-state index in [4.69, 9.17) is 4.74 Å². The van der Waals surface area contributed by atoms with Gasteiger partial charge >= 0.3 is 5.97 Å². The van der Waals surface area contributed by atoms with E-state index in [2.05, 4.69) is 27.0 Å². The Morgan fingerprint density at radius 2 is 1.82 bits per heavy atom. The van der Waals surface area contributed by atoms with Gasteiger partial charge < -0.3 is 19.9 Å². The summed E-state index contributed by atoms with van der Waals surface area (Å²) in [5.74, 6) is -0.827. The first-order valence-electron chi connectivity index (χ1n) is 9.63. The first-order valence-corrected chi connectivity index (χ1v) is 9.63. The van der Waals surface area contributed by atoms with Gasteiger partial charge in [-0.2, -0.15) is 0 Å². The molecule has 7 heteroatoms. The topological polar surface area (TPSA) is 74.8 Å². The van der Waals surface area contributed by atoms with Crippen molar-refractivity contribution in [3.05, 3.63) is 53.9 Å². The van der Waals surface area contributed by atoms with Gasteiger partial charge in [-0.25, -0.2) is 9.78 Å². The zero-order valence-electron chi connectivity index (χ0n) is 16.4. The van der Waals surface area contributed by atoms with Crippen molar-refractivity contribution >= 4 is 23.3 Å². The molecule has 3 rings (SSSR count). The SMILES string of the molecule is CCOC(=O)c1ccccc1NC(=O)c1ccc(N2CCN(CC)CC2)cn1. The number of hydrogen-bond acceptors (Lipinski definition) is 6. The molecule has 1 N–H and O–H groups in total. The number of piperazine rings is 1. The number of aromatic nitrogens is 1. The van der Waals surface area contributed by atoms with E-state index in [9.17, 15) is 9.59 Å². The lowest BCUT2D eigenvalue weighted by Crippen LogP contribution is -2.46. The molecule has 1 aromatic heterocycles. The van der Waals surface area contributed by atoms with Crippen LogP contribution in [0.2, 0.25) is 0 Å². The molecule has 0 bridgehead atoms. The summed E-state index contributed by atoms with van der Waals surface area (Å²) in [6, 6.07) is 10.4. The van der Waals surface area contributed by atoms with Crippen LogP contribution in [0.3, 0.4) is 0 Å². The van der Waals surface area contributed by atoms with Gasteiger partial charge in [0.05, 0.1) is 29.7 Å². The third kappa shape index (κ3) is 4.67. The van der Waals surface area contributed by atoms with Gasteiger partial charge in [0.25, 0.3) is 5.91 Å². The number of amides is 1. The van der Waals surface area contributed by atoms with Crippen molar-refractivity contribution in [2.45, 2.75) is 13.8 Å². The van der Waals surface area contributed by atoms with Crippen molar-refractivity contribution in [3.63, 3.8) is 0 Å². The van der Waals surface area contributed by atoms with Gasteiger partial charge in [-0.05, 0) is 37.7 Å². The van der Waals surface area contributed by atoms with Gasteiger partial charge in [-0.1, -0.05) is 19.1 Å². The maximum Gasteiger partial charge on any atom is 0.340 e. The van der Waals surface area contributed by atoms with E-state index >= 15 is 0 Å². The first-order chi connectivity index (χ1) is 13.6. The number of ether oxygens (including phenoxy) is 1. The third-order valence-electron chi connectivity index (χ3n) is 4.84. The second kappa shape index (κ2) is 9.32. The standard InChI is InChI=1S/C21H26N4O3/c1-3-24-11-13-25(14-12-24)16-9-10-19(22-15-16)20(26)23-18-8-6-5-7-17(18)21(27)28-4-2/h5-10,15H,3-4,11-14H2,1-2H3,(H,23,26). The minimum atomic E-state index is -0.465. The van der Waals surface area contributed by atoms with Gasteiger partial charge in [0.15, 0.2) is 0 Å². The minimum absolute atomic E-state index is 0.274. The predicted molar refractivity (Wildman–Crippen MR) is 109 cm³/mol. The smallest absolute Gasteiger partial charge is 0.340 e. The molecule has 1 saturated heterocycles. The molecule has 0 spiro atoms. The van der Waals surface area contributed by atoms with Crippen molar-refractivity contribution in [1.82, 2.24) is 9.88 Å². The van der Waals surface area contributed by atoms with Crippen molar-refractivity contribution in [1.29, 1.82) is 0 Å². The number of esters is 1. The third-order valence-corrected chi connectivity index (χ3v) is 4.84. The lowest BCUT2D eigenvalue weighted by molar-refractivity contribution is 0.0527. The molecule has 0 unspecified atom stereocenters. The highest BCUT2D eigenvalue weighted by Gasteiger charge is 2.18. The number of pyridine rings is 1. The molecular weight excluding hydrogens is 356 g/mol. The molecule has 7 nitrogen and oxygen atoms in total.